The lowest BCUT2D eigenvalue weighted by Gasteiger charge is -2.27. The molecule has 0 unspecified atom stereocenters. The SMILES string of the molecule is CC(C)(C(=O)N1CCCC1)c1nccs1. The fraction of sp³-hybridized carbons (Fsp3) is 0.636. The van der Waals surface area contributed by atoms with E-state index in [9.17, 15) is 4.79 Å². The van der Waals surface area contributed by atoms with Crippen molar-refractivity contribution >= 4 is 17.2 Å². The molecule has 1 aromatic heterocycles. The summed E-state index contributed by atoms with van der Waals surface area (Å²) in [5.41, 5.74) is -0.460. The molecule has 1 aromatic rings. The zero-order valence-corrected chi connectivity index (χ0v) is 10.0. The third kappa shape index (κ3) is 1.91. The number of nitrogens with zero attached hydrogens (tertiary/aromatic N) is 2. The van der Waals surface area contributed by atoms with Crippen molar-refractivity contribution in [2.75, 3.05) is 13.1 Å². The zero-order valence-electron chi connectivity index (χ0n) is 9.19. The summed E-state index contributed by atoms with van der Waals surface area (Å²) in [4.78, 5) is 18.5. The molecule has 0 radical (unpaired) electrons. The summed E-state index contributed by atoms with van der Waals surface area (Å²) >= 11 is 1.56. The van der Waals surface area contributed by atoms with E-state index in [1.165, 1.54) is 0 Å². The van der Waals surface area contributed by atoms with E-state index >= 15 is 0 Å². The maximum atomic E-state index is 12.3. The van der Waals surface area contributed by atoms with Crippen LogP contribution >= 0.6 is 11.3 Å². The highest BCUT2D eigenvalue weighted by molar-refractivity contribution is 7.09. The van der Waals surface area contributed by atoms with Crippen LogP contribution in [0.2, 0.25) is 0 Å². The number of hydrogen-bond donors (Lipinski definition) is 0. The predicted octanol–water partition coefficient (Wildman–Crippen LogP) is 2.04. The summed E-state index contributed by atoms with van der Waals surface area (Å²) in [6, 6.07) is 0. The van der Waals surface area contributed by atoms with Gasteiger partial charge in [-0.1, -0.05) is 0 Å². The van der Waals surface area contributed by atoms with Crippen molar-refractivity contribution in [2.24, 2.45) is 0 Å². The van der Waals surface area contributed by atoms with Gasteiger partial charge in [0, 0.05) is 24.7 Å². The predicted molar refractivity (Wildman–Crippen MR) is 61.0 cm³/mol. The van der Waals surface area contributed by atoms with Gasteiger partial charge in [-0.2, -0.15) is 0 Å². The van der Waals surface area contributed by atoms with Gasteiger partial charge in [0.15, 0.2) is 0 Å². The third-order valence-corrected chi connectivity index (χ3v) is 3.99. The lowest BCUT2D eigenvalue weighted by Crippen LogP contribution is -2.41. The number of likely N-dealkylation sites (tertiary alicyclic amines) is 1. The molecule has 1 aliphatic heterocycles. The summed E-state index contributed by atoms with van der Waals surface area (Å²) in [6.45, 7) is 5.75. The molecule has 0 aliphatic carbocycles. The minimum absolute atomic E-state index is 0.218. The number of amides is 1. The fourth-order valence-electron chi connectivity index (χ4n) is 1.94. The second-order valence-corrected chi connectivity index (χ2v) is 5.36. The van der Waals surface area contributed by atoms with Crippen LogP contribution in [0.3, 0.4) is 0 Å². The Morgan fingerprint density at radius 3 is 2.67 bits per heavy atom. The van der Waals surface area contributed by atoms with Gasteiger partial charge in [0.1, 0.15) is 5.01 Å². The van der Waals surface area contributed by atoms with Gasteiger partial charge < -0.3 is 4.90 Å². The molecule has 1 aliphatic rings. The molecule has 0 atom stereocenters. The molecule has 15 heavy (non-hydrogen) atoms. The van der Waals surface area contributed by atoms with Crippen LogP contribution in [0, 0.1) is 0 Å². The molecule has 1 saturated heterocycles. The molecular weight excluding hydrogens is 208 g/mol. The average Bonchev–Trinajstić information content (AvgIpc) is 2.89. The second-order valence-electron chi connectivity index (χ2n) is 4.46. The van der Waals surface area contributed by atoms with Gasteiger partial charge in [0.05, 0.1) is 5.41 Å². The summed E-state index contributed by atoms with van der Waals surface area (Å²) in [7, 11) is 0. The molecule has 0 N–H and O–H groups in total. The Morgan fingerprint density at radius 2 is 2.13 bits per heavy atom. The van der Waals surface area contributed by atoms with Gasteiger partial charge in [-0.25, -0.2) is 4.98 Å². The topological polar surface area (TPSA) is 33.2 Å². The minimum atomic E-state index is -0.460. The Hall–Kier alpha value is -0.900. The molecule has 82 valence electrons. The first-order chi connectivity index (χ1) is 7.12. The maximum absolute atomic E-state index is 12.3. The molecule has 2 heterocycles. The normalized spacial score (nSPS) is 17.1. The van der Waals surface area contributed by atoms with Crippen molar-refractivity contribution in [3.63, 3.8) is 0 Å². The standard InChI is InChI=1S/C11H16N2OS/c1-11(2,9-12-5-8-15-9)10(14)13-6-3-4-7-13/h5,8H,3-4,6-7H2,1-2H3. The van der Waals surface area contributed by atoms with E-state index in [0.29, 0.717) is 0 Å². The lowest BCUT2D eigenvalue weighted by atomic mass is 9.92. The number of aromatic nitrogens is 1. The van der Waals surface area contributed by atoms with Gasteiger partial charge in [0.2, 0.25) is 5.91 Å². The zero-order chi connectivity index (χ0) is 10.9. The summed E-state index contributed by atoms with van der Waals surface area (Å²) in [5.74, 6) is 0.218. The molecule has 1 amide bonds. The van der Waals surface area contributed by atoms with E-state index < -0.39 is 5.41 Å². The van der Waals surface area contributed by atoms with Crippen molar-refractivity contribution in [1.82, 2.24) is 9.88 Å². The van der Waals surface area contributed by atoms with Crippen LogP contribution in [0.25, 0.3) is 0 Å². The molecule has 4 heteroatoms. The first kappa shape index (κ1) is 10.6. The number of hydrogen-bond acceptors (Lipinski definition) is 3. The first-order valence-corrected chi connectivity index (χ1v) is 6.19. The van der Waals surface area contributed by atoms with Gasteiger partial charge in [-0.15, -0.1) is 11.3 Å². The van der Waals surface area contributed by atoms with Crippen molar-refractivity contribution < 1.29 is 4.79 Å². The van der Waals surface area contributed by atoms with Crippen molar-refractivity contribution in [2.45, 2.75) is 32.1 Å². The van der Waals surface area contributed by atoms with Crippen LogP contribution in [0.4, 0.5) is 0 Å². The highest BCUT2D eigenvalue weighted by Crippen LogP contribution is 2.28. The first-order valence-electron chi connectivity index (χ1n) is 5.32. The van der Waals surface area contributed by atoms with E-state index in [0.717, 1.165) is 30.9 Å². The van der Waals surface area contributed by atoms with Crippen LogP contribution in [0.15, 0.2) is 11.6 Å². The van der Waals surface area contributed by atoms with E-state index in [4.69, 9.17) is 0 Å². The quantitative estimate of drug-likeness (QED) is 0.770. The number of carbonyl (C=O) groups excluding carboxylic acids is 1. The Labute approximate surface area is 94.1 Å². The minimum Gasteiger partial charge on any atom is -0.342 e. The highest BCUT2D eigenvalue weighted by Gasteiger charge is 2.36. The average molecular weight is 224 g/mol. The third-order valence-electron chi connectivity index (χ3n) is 2.89. The second kappa shape index (κ2) is 3.93. The number of thiazole rings is 1. The molecule has 0 bridgehead atoms. The van der Waals surface area contributed by atoms with Gasteiger partial charge in [-0.05, 0) is 26.7 Å². The molecule has 2 rings (SSSR count). The van der Waals surface area contributed by atoms with Crippen LogP contribution in [0.5, 0.6) is 0 Å². The van der Waals surface area contributed by atoms with E-state index in [1.807, 2.05) is 24.1 Å². The van der Waals surface area contributed by atoms with Crippen molar-refractivity contribution in [3.05, 3.63) is 16.6 Å². The monoisotopic (exact) mass is 224 g/mol. The van der Waals surface area contributed by atoms with Crippen molar-refractivity contribution in [1.29, 1.82) is 0 Å². The van der Waals surface area contributed by atoms with Crippen LogP contribution in [-0.4, -0.2) is 28.9 Å². The smallest absolute Gasteiger partial charge is 0.235 e. The van der Waals surface area contributed by atoms with E-state index in [1.54, 1.807) is 17.5 Å². The molecule has 3 nitrogen and oxygen atoms in total. The molecule has 0 aromatic carbocycles. The Morgan fingerprint density at radius 1 is 1.47 bits per heavy atom. The van der Waals surface area contributed by atoms with E-state index in [-0.39, 0.29) is 5.91 Å². The summed E-state index contributed by atoms with van der Waals surface area (Å²) < 4.78 is 0. The van der Waals surface area contributed by atoms with Crippen molar-refractivity contribution in [3.8, 4) is 0 Å². The number of rotatable bonds is 2. The molecule has 1 fully saturated rings. The van der Waals surface area contributed by atoms with Crippen LogP contribution in [0.1, 0.15) is 31.7 Å². The number of carbonyl (C=O) groups is 1. The molecular formula is C11H16N2OS. The Bertz CT molecular complexity index is 339. The van der Waals surface area contributed by atoms with Crippen LogP contribution < -0.4 is 0 Å². The Kier molecular flexibility index (Phi) is 2.78. The lowest BCUT2D eigenvalue weighted by molar-refractivity contribution is -0.135. The summed E-state index contributed by atoms with van der Waals surface area (Å²) in [6.07, 6.45) is 4.04. The highest BCUT2D eigenvalue weighted by atomic mass is 32.1. The van der Waals surface area contributed by atoms with Gasteiger partial charge in [-0.3, -0.25) is 4.79 Å². The Balaban J connectivity index is 2.18. The summed E-state index contributed by atoms with van der Waals surface area (Å²) in [5, 5.41) is 2.84. The van der Waals surface area contributed by atoms with Crippen LogP contribution in [-0.2, 0) is 10.2 Å². The molecule has 0 saturated carbocycles. The molecule has 0 spiro atoms. The van der Waals surface area contributed by atoms with E-state index in [2.05, 4.69) is 4.98 Å². The van der Waals surface area contributed by atoms with Gasteiger partial charge in [0.25, 0.3) is 0 Å². The fourth-order valence-corrected chi connectivity index (χ4v) is 2.69. The maximum Gasteiger partial charge on any atom is 0.235 e. The largest absolute Gasteiger partial charge is 0.342 e. The van der Waals surface area contributed by atoms with Gasteiger partial charge >= 0.3 is 0 Å².